The summed E-state index contributed by atoms with van der Waals surface area (Å²) < 4.78 is 18.5. The Morgan fingerprint density at radius 1 is 1.20 bits per heavy atom. The van der Waals surface area contributed by atoms with Crippen LogP contribution in [0.5, 0.6) is 0 Å². The van der Waals surface area contributed by atoms with Crippen LogP contribution in [0.15, 0.2) is 48.8 Å². The molecule has 2 heterocycles. The number of nitrogens with zero attached hydrogens (tertiary/aromatic N) is 3. The first-order chi connectivity index (χ1) is 14.6. The summed E-state index contributed by atoms with van der Waals surface area (Å²) in [5.41, 5.74) is 2.29. The molecular weight excluding hydrogens is 381 g/mol. The molecule has 2 atom stereocenters. The average Bonchev–Trinajstić information content (AvgIpc) is 2.75. The third kappa shape index (κ3) is 6.02. The lowest BCUT2D eigenvalue weighted by Crippen LogP contribution is -2.54. The van der Waals surface area contributed by atoms with Crippen LogP contribution in [-0.4, -0.2) is 59.7 Å². The molecule has 2 aromatic rings. The van der Waals surface area contributed by atoms with Gasteiger partial charge in [-0.15, -0.1) is 0 Å². The minimum atomic E-state index is -0.209. The summed E-state index contributed by atoms with van der Waals surface area (Å²) in [5, 5.41) is 0. The number of rotatable bonds is 8. The number of unbranched alkanes of at least 4 members (excludes halogenated alkanes) is 1. The maximum Gasteiger partial charge on any atom is 0.410 e. The highest BCUT2D eigenvalue weighted by atomic mass is 19.1. The fourth-order valence-electron chi connectivity index (χ4n) is 4.20. The quantitative estimate of drug-likeness (QED) is 0.589. The molecule has 0 spiro atoms. The molecule has 6 heteroatoms. The Bertz CT molecular complexity index is 785. The van der Waals surface area contributed by atoms with Gasteiger partial charge in [0.05, 0.1) is 6.61 Å². The van der Waals surface area contributed by atoms with Crippen LogP contribution in [0.2, 0.25) is 0 Å². The number of benzene rings is 1. The van der Waals surface area contributed by atoms with Crippen LogP contribution in [0.25, 0.3) is 0 Å². The third-order valence-electron chi connectivity index (χ3n) is 5.79. The van der Waals surface area contributed by atoms with Gasteiger partial charge in [0.25, 0.3) is 0 Å². The van der Waals surface area contributed by atoms with Gasteiger partial charge in [-0.25, -0.2) is 9.18 Å². The summed E-state index contributed by atoms with van der Waals surface area (Å²) in [6.45, 7) is 7.82. The normalized spacial score (nSPS) is 18.2. The molecule has 5 nitrogen and oxygen atoms in total. The van der Waals surface area contributed by atoms with E-state index in [4.69, 9.17) is 4.74 Å². The largest absolute Gasteiger partial charge is 0.450 e. The Kier molecular flexibility index (Phi) is 8.20. The Hall–Kier alpha value is -2.47. The van der Waals surface area contributed by atoms with Gasteiger partial charge in [-0.05, 0) is 62.6 Å². The van der Waals surface area contributed by atoms with Gasteiger partial charge in [0.2, 0.25) is 0 Å². The number of piperazine rings is 1. The van der Waals surface area contributed by atoms with E-state index in [9.17, 15) is 9.18 Å². The molecule has 1 amide bonds. The Morgan fingerprint density at radius 3 is 2.67 bits per heavy atom. The first-order valence-electron chi connectivity index (χ1n) is 10.9. The number of pyridine rings is 1. The summed E-state index contributed by atoms with van der Waals surface area (Å²) in [5.74, 6) is 0.0126. The van der Waals surface area contributed by atoms with Crippen molar-refractivity contribution in [2.75, 3.05) is 32.8 Å². The molecule has 0 radical (unpaired) electrons. The molecule has 0 bridgehead atoms. The Morgan fingerprint density at radius 2 is 2.00 bits per heavy atom. The van der Waals surface area contributed by atoms with Gasteiger partial charge in [-0.1, -0.05) is 24.6 Å². The zero-order valence-corrected chi connectivity index (χ0v) is 18.0. The lowest BCUT2D eigenvalue weighted by atomic mass is 9.88. The molecule has 30 heavy (non-hydrogen) atoms. The number of halogens is 1. The number of aromatic nitrogens is 1. The van der Waals surface area contributed by atoms with Gasteiger partial charge in [0.15, 0.2) is 0 Å². The van der Waals surface area contributed by atoms with Crippen molar-refractivity contribution in [3.05, 3.63) is 65.7 Å². The van der Waals surface area contributed by atoms with E-state index in [0.717, 1.165) is 44.5 Å². The van der Waals surface area contributed by atoms with E-state index in [1.54, 1.807) is 6.20 Å². The number of ether oxygens (including phenoxy) is 1. The maximum atomic E-state index is 13.4. The van der Waals surface area contributed by atoms with Gasteiger partial charge in [0, 0.05) is 44.0 Å². The van der Waals surface area contributed by atoms with Crippen molar-refractivity contribution in [1.29, 1.82) is 0 Å². The smallest absolute Gasteiger partial charge is 0.410 e. The zero-order chi connectivity index (χ0) is 21.3. The SMILES string of the molecule is CCOC(=O)N1CCN(CCCCC(c2ccc(F)cc2)c2cccnc2)CC1C. The van der Waals surface area contributed by atoms with Crippen molar-refractivity contribution in [3.8, 4) is 0 Å². The summed E-state index contributed by atoms with van der Waals surface area (Å²) in [6.07, 6.45) is 6.64. The molecule has 0 N–H and O–H groups in total. The molecule has 0 aliphatic carbocycles. The second-order valence-corrected chi connectivity index (χ2v) is 7.93. The van der Waals surface area contributed by atoms with E-state index in [1.165, 1.54) is 17.7 Å². The number of amides is 1. The first kappa shape index (κ1) is 22.2. The maximum absolute atomic E-state index is 13.4. The van der Waals surface area contributed by atoms with E-state index in [-0.39, 0.29) is 23.9 Å². The predicted octanol–water partition coefficient (Wildman–Crippen LogP) is 4.69. The third-order valence-corrected chi connectivity index (χ3v) is 5.79. The highest BCUT2D eigenvalue weighted by Crippen LogP contribution is 2.29. The summed E-state index contributed by atoms with van der Waals surface area (Å²) in [4.78, 5) is 20.5. The fourth-order valence-corrected chi connectivity index (χ4v) is 4.20. The van der Waals surface area contributed by atoms with Crippen LogP contribution >= 0.6 is 0 Å². The van der Waals surface area contributed by atoms with Crippen LogP contribution in [0.1, 0.15) is 50.2 Å². The minimum Gasteiger partial charge on any atom is -0.450 e. The lowest BCUT2D eigenvalue weighted by molar-refractivity contribution is 0.0537. The van der Waals surface area contributed by atoms with Gasteiger partial charge >= 0.3 is 6.09 Å². The van der Waals surface area contributed by atoms with Crippen molar-refractivity contribution < 1.29 is 13.9 Å². The molecule has 1 aliphatic heterocycles. The average molecular weight is 414 g/mol. The van der Waals surface area contributed by atoms with Gasteiger partial charge in [-0.2, -0.15) is 0 Å². The Balaban J connectivity index is 1.50. The van der Waals surface area contributed by atoms with Gasteiger partial charge in [0.1, 0.15) is 5.82 Å². The highest BCUT2D eigenvalue weighted by Gasteiger charge is 2.28. The van der Waals surface area contributed by atoms with Crippen molar-refractivity contribution in [3.63, 3.8) is 0 Å². The lowest BCUT2D eigenvalue weighted by Gasteiger charge is -2.39. The monoisotopic (exact) mass is 413 g/mol. The van der Waals surface area contributed by atoms with Gasteiger partial charge in [-0.3, -0.25) is 9.88 Å². The second-order valence-electron chi connectivity index (χ2n) is 7.93. The molecule has 0 saturated carbocycles. The van der Waals surface area contributed by atoms with Crippen LogP contribution in [-0.2, 0) is 4.74 Å². The van der Waals surface area contributed by atoms with E-state index in [2.05, 4.69) is 22.9 Å². The predicted molar refractivity (Wildman–Crippen MR) is 116 cm³/mol. The van der Waals surface area contributed by atoms with E-state index < -0.39 is 0 Å². The van der Waals surface area contributed by atoms with E-state index >= 15 is 0 Å². The van der Waals surface area contributed by atoms with Crippen LogP contribution < -0.4 is 0 Å². The van der Waals surface area contributed by atoms with Crippen molar-refractivity contribution >= 4 is 6.09 Å². The molecule has 1 aromatic heterocycles. The molecule has 1 fully saturated rings. The zero-order valence-electron chi connectivity index (χ0n) is 18.0. The van der Waals surface area contributed by atoms with Crippen LogP contribution in [0.4, 0.5) is 9.18 Å². The summed E-state index contributed by atoms with van der Waals surface area (Å²) in [6, 6.07) is 11.0. The number of carbonyl (C=O) groups excluding carboxylic acids is 1. The number of hydrogen-bond acceptors (Lipinski definition) is 4. The number of carbonyl (C=O) groups is 1. The summed E-state index contributed by atoms with van der Waals surface area (Å²) in [7, 11) is 0. The molecule has 3 rings (SSSR count). The molecule has 1 aromatic carbocycles. The van der Waals surface area contributed by atoms with Crippen LogP contribution in [0, 0.1) is 5.82 Å². The van der Waals surface area contributed by atoms with E-state index in [1.807, 2.05) is 36.2 Å². The van der Waals surface area contributed by atoms with Gasteiger partial charge < -0.3 is 9.64 Å². The topological polar surface area (TPSA) is 45.7 Å². The number of hydrogen-bond donors (Lipinski definition) is 0. The highest BCUT2D eigenvalue weighted by molar-refractivity contribution is 5.68. The Labute approximate surface area is 178 Å². The fraction of sp³-hybridized carbons (Fsp3) is 0.500. The molecule has 1 aliphatic rings. The molecule has 1 saturated heterocycles. The van der Waals surface area contributed by atoms with Crippen LogP contribution in [0.3, 0.4) is 0 Å². The van der Waals surface area contributed by atoms with E-state index in [0.29, 0.717) is 13.2 Å². The second kappa shape index (κ2) is 11.1. The first-order valence-corrected chi connectivity index (χ1v) is 10.9. The molecular formula is C24H32FN3O2. The molecule has 162 valence electrons. The summed E-state index contributed by atoms with van der Waals surface area (Å²) >= 11 is 0. The standard InChI is InChI=1S/C24H32FN3O2/c1-3-30-24(29)28-16-15-27(18-19(28)2)14-5-4-8-23(21-7-6-13-26-17-21)20-9-11-22(25)12-10-20/h6-7,9-13,17,19,23H,3-5,8,14-16,18H2,1-2H3. The van der Waals surface area contributed by atoms with Crippen molar-refractivity contribution in [2.45, 2.75) is 45.1 Å². The minimum absolute atomic E-state index is 0.167. The molecule has 2 unspecified atom stereocenters. The van der Waals surface area contributed by atoms with Crippen molar-refractivity contribution in [2.24, 2.45) is 0 Å². The van der Waals surface area contributed by atoms with Crippen molar-refractivity contribution in [1.82, 2.24) is 14.8 Å².